The normalized spacial score (nSPS) is 12.9. The summed E-state index contributed by atoms with van der Waals surface area (Å²) in [6, 6.07) is 13.5. The van der Waals surface area contributed by atoms with Crippen LogP contribution in [-0.4, -0.2) is 15.0 Å². The second kappa shape index (κ2) is 7.13. The molecule has 2 aromatic rings. The van der Waals surface area contributed by atoms with Crippen LogP contribution in [0.1, 0.15) is 25.5 Å². The van der Waals surface area contributed by atoms with Crippen molar-refractivity contribution >= 4 is 21.6 Å². The molecule has 0 aliphatic carbocycles. The van der Waals surface area contributed by atoms with E-state index in [9.17, 15) is 8.42 Å². The Bertz CT molecular complexity index is 732. The standard InChI is InChI=1S/C16H18ClNO3S/c1-3-21-16-11-14(9-10-15(16)17)22(19,20)18-12(2)13-7-5-4-6-8-13/h4-12,18H,3H2,1-2H3/t12-/m0/s1. The maximum absolute atomic E-state index is 12.5. The van der Waals surface area contributed by atoms with Crippen molar-refractivity contribution in [1.82, 2.24) is 4.72 Å². The van der Waals surface area contributed by atoms with Gasteiger partial charge in [0.05, 0.1) is 16.5 Å². The van der Waals surface area contributed by atoms with Crippen LogP contribution in [0.25, 0.3) is 0 Å². The fourth-order valence-corrected chi connectivity index (χ4v) is 3.45. The minimum absolute atomic E-state index is 0.128. The van der Waals surface area contributed by atoms with Gasteiger partial charge in [-0.2, -0.15) is 0 Å². The average molecular weight is 340 g/mol. The summed E-state index contributed by atoms with van der Waals surface area (Å²) < 4.78 is 32.9. The third-order valence-electron chi connectivity index (χ3n) is 3.14. The molecule has 0 heterocycles. The van der Waals surface area contributed by atoms with Crippen molar-refractivity contribution in [2.75, 3.05) is 6.61 Å². The fraction of sp³-hybridized carbons (Fsp3) is 0.250. The number of ether oxygens (including phenoxy) is 1. The molecule has 0 fully saturated rings. The zero-order chi connectivity index (χ0) is 16.2. The average Bonchev–Trinajstić information content (AvgIpc) is 2.50. The van der Waals surface area contributed by atoms with Gasteiger partial charge in [-0.25, -0.2) is 13.1 Å². The summed E-state index contributed by atoms with van der Waals surface area (Å²) in [5.41, 5.74) is 0.894. The van der Waals surface area contributed by atoms with Crippen molar-refractivity contribution in [3.8, 4) is 5.75 Å². The van der Waals surface area contributed by atoms with E-state index in [2.05, 4.69) is 4.72 Å². The van der Waals surface area contributed by atoms with E-state index in [0.29, 0.717) is 17.4 Å². The highest BCUT2D eigenvalue weighted by atomic mass is 35.5. The van der Waals surface area contributed by atoms with Crippen molar-refractivity contribution in [3.05, 3.63) is 59.1 Å². The molecule has 0 unspecified atom stereocenters. The number of hydrogen-bond donors (Lipinski definition) is 1. The quantitative estimate of drug-likeness (QED) is 0.871. The van der Waals surface area contributed by atoms with E-state index in [1.165, 1.54) is 18.2 Å². The lowest BCUT2D eigenvalue weighted by atomic mass is 10.1. The summed E-state index contributed by atoms with van der Waals surface area (Å²) in [6.45, 7) is 4.02. The molecule has 0 aromatic heterocycles. The Morgan fingerprint density at radius 2 is 1.86 bits per heavy atom. The molecule has 6 heteroatoms. The van der Waals surface area contributed by atoms with Gasteiger partial charge in [0.2, 0.25) is 10.0 Å². The van der Waals surface area contributed by atoms with Crippen LogP contribution >= 0.6 is 11.6 Å². The minimum atomic E-state index is -3.65. The second-order valence-electron chi connectivity index (χ2n) is 4.78. The van der Waals surface area contributed by atoms with Crippen molar-refractivity contribution < 1.29 is 13.2 Å². The maximum Gasteiger partial charge on any atom is 0.241 e. The molecule has 2 rings (SSSR count). The first-order chi connectivity index (χ1) is 10.4. The first-order valence-electron chi connectivity index (χ1n) is 6.93. The van der Waals surface area contributed by atoms with Crippen molar-refractivity contribution in [2.24, 2.45) is 0 Å². The third-order valence-corrected chi connectivity index (χ3v) is 4.99. The highest BCUT2D eigenvalue weighted by molar-refractivity contribution is 7.89. The third kappa shape index (κ3) is 4.00. The zero-order valence-corrected chi connectivity index (χ0v) is 14.0. The van der Waals surface area contributed by atoms with Gasteiger partial charge >= 0.3 is 0 Å². The summed E-state index contributed by atoms with van der Waals surface area (Å²) in [5.74, 6) is 0.361. The Labute approximate surface area is 136 Å². The molecule has 0 radical (unpaired) electrons. The van der Waals surface area contributed by atoms with Crippen LogP contribution in [0.3, 0.4) is 0 Å². The molecule has 1 N–H and O–H groups in total. The van der Waals surface area contributed by atoms with E-state index in [-0.39, 0.29) is 10.9 Å². The number of halogens is 1. The molecule has 0 bridgehead atoms. The van der Waals surface area contributed by atoms with Gasteiger partial charge in [-0.15, -0.1) is 0 Å². The van der Waals surface area contributed by atoms with Gasteiger partial charge in [0.1, 0.15) is 5.75 Å². The summed E-state index contributed by atoms with van der Waals surface area (Å²) in [5, 5.41) is 0.386. The van der Waals surface area contributed by atoms with Gasteiger partial charge in [0.15, 0.2) is 0 Å². The van der Waals surface area contributed by atoms with E-state index in [0.717, 1.165) is 5.56 Å². The lowest BCUT2D eigenvalue weighted by Gasteiger charge is -2.15. The van der Waals surface area contributed by atoms with Crippen molar-refractivity contribution in [2.45, 2.75) is 24.8 Å². The lowest BCUT2D eigenvalue weighted by Crippen LogP contribution is -2.26. The fourth-order valence-electron chi connectivity index (χ4n) is 2.03. The van der Waals surface area contributed by atoms with Gasteiger partial charge in [-0.05, 0) is 31.5 Å². The first kappa shape index (κ1) is 16.8. The molecule has 0 saturated heterocycles. The van der Waals surface area contributed by atoms with Crippen LogP contribution in [0.5, 0.6) is 5.75 Å². The van der Waals surface area contributed by atoms with Crippen LogP contribution < -0.4 is 9.46 Å². The number of hydrogen-bond acceptors (Lipinski definition) is 3. The highest BCUT2D eigenvalue weighted by Gasteiger charge is 2.19. The predicted molar refractivity (Wildman–Crippen MR) is 87.8 cm³/mol. The second-order valence-corrected chi connectivity index (χ2v) is 6.90. The first-order valence-corrected chi connectivity index (χ1v) is 8.80. The van der Waals surface area contributed by atoms with Crippen molar-refractivity contribution in [1.29, 1.82) is 0 Å². The molecular formula is C16H18ClNO3S. The van der Waals surface area contributed by atoms with E-state index >= 15 is 0 Å². The number of nitrogens with one attached hydrogen (secondary N) is 1. The summed E-state index contributed by atoms with van der Waals surface area (Å²) >= 11 is 5.99. The molecule has 0 saturated carbocycles. The number of rotatable bonds is 6. The highest BCUT2D eigenvalue weighted by Crippen LogP contribution is 2.28. The monoisotopic (exact) mass is 339 g/mol. The lowest BCUT2D eigenvalue weighted by molar-refractivity contribution is 0.339. The molecule has 22 heavy (non-hydrogen) atoms. The molecule has 118 valence electrons. The van der Waals surface area contributed by atoms with Gasteiger partial charge in [0.25, 0.3) is 0 Å². The van der Waals surface area contributed by atoms with Crippen LogP contribution in [0.15, 0.2) is 53.4 Å². The van der Waals surface area contributed by atoms with E-state index in [1.807, 2.05) is 37.3 Å². The summed E-state index contributed by atoms with van der Waals surface area (Å²) in [4.78, 5) is 0.128. The Morgan fingerprint density at radius 1 is 1.18 bits per heavy atom. The molecule has 1 atom stereocenters. The van der Waals surface area contributed by atoms with Crippen LogP contribution in [0.2, 0.25) is 5.02 Å². The molecule has 0 amide bonds. The Balaban J connectivity index is 2.25. The Hall–Kier alpha value is -1.56. The number of benzene rings is 2. The minimum Gasteiger partial charge on any atom is -0.492 e. The summed E-state index contributed by atoms with van der Waals surface area (Å²) in [7, 11) is -3.65. The molecule has 0 aliphatic heterocycles. The maximum atomic E-state index is 12.5. The molecule has 0 spiro atoms. The van der Waals surface area contributed by atoms with Crippen LogP contribution in [0.4, 0.5) is 0 Å². The zero-order valence-electron chi connectivity index (χ0n) is 12.4. The van der Waals surface area contributed by atoms with Gasteiger partial charge in [0, 0.05) is 12.1 Å². The summed E-state index contributed by atoms with van der Waals surface area (Å²) in [6.07, 6.45) is 0. The van der Waals surface area contributed by atoms with Gasteiger partial charge < -0.3 is 4.74 Å². The molecule has 0 aliphatic rings. The Morgan fingerprint density at radius 3 is 2.50 bits per heavy atom. The van der Waals surface area contributed by atoms with Gasteiger partial charge in [-0.1, -0.05) is 41.9 Å². The van der Waals surface area contributed by atoms with Crippen LogP contribution in [-0.2, 0) is 10.0 Å². The van der Waals surface area contributed by atoms with Crippen molar-refractivity contribution in [3.63, 3.8) is 0 Å². The van der Waals surface area contributed by atoms with E-state index < -0.39 is 10.0 Å². The predicted octanol–water partition coefficient (Wildman–Crippen LogP) is 3.78. The molecule has 4 nitrogen and oxygen atoms in total. The number of sulfonamides is 1. The molecule has 2 aromatic carbocycles. The van der Waals surface area contributed by atoms with Crippen LogP contribution in [0, 0.1) is 0 Å². The van der Waals surface area contributed by atoms with E-state index in [4.69, 9.17) is 16.3 Å². The van der Waals surface area contributed by atoms with Gasteiger partial charge in [-0.3, -0.25) is 0 Å². The SMILES string of the molecule is CCOc1cc(S(=O)(=O)N[C@@H](C)c2ccccc2)ccc1Cl. The smallest absolute Gasteiger partial charge is 0.241 e. The Kier molecular flexibility index (Phi) is 5.45. The topological polar surface area (TPSA) is 55.4 Å². The largest absolute Gasteiger partial charge is 0.492 e. The van der Waals surface area contributed by atoms with E-state index in [1.54, 1.807) is 6.92 Å². The molecular weight excluding hydrogens is 322 g/mol.